The standard InChI is InChI=1S/C23H27N3OS/c1-17-7-8-18(2)21(13-17)24-23(27)15-26-11-9-25(10-12-26)14-19-16-28-22-6-4-3-5-20(19)22/h3-8,13,16H,9-12,14-15H2,1-2H3,(H,24,27). The van der Waals surface area contributed by atoms with Crippen molar-refractivity contribution in [1.29, 1.82) is 0 Å². The van der Waals surface area contributed by atoms with E-state index in [2.05, 4.69) is 56.9 Å². The lowest BCUT2D eigenvalue weighted by atomic mass is 10.1. The summed E-state index contributed by atoms with van der Waals surface area (Å²) in [5.41, 5.74) is 4.61. The lowest BCUT2D eigenvalue weighted by molar-refractivity contribution is -0.117. The Kier molecular flexibility index (Phi) is 5.76. The zero-order valence-corrected chi connectivity index (χ0v) is 17.4. The minimum Gasteiger partial charge on any atom is -0.325 e. The van der Waals surface area contributed by atoms with Crippen LogP contribution in [0.15, 0.2) is 47.8 Å². The largest absolute Gasteiger partial charge is 0.325 e. The molecule has 4 nitrogen and oxygen atoms in total. The first-order chi connectivity index (χ1) is 13.6. The van der Waals surface area contributed by atoms with Gasteiger partial charge in [-0.15, -0.1) is 11.3 Å². The molecule has 0 saturated carbocycles. The van der Waals surface area contributed by atoms with Gasteiger partial charge in [-0.25, -0.2) is 0 Å². The Bertz CT molecular complexity index is 973. The number of nitrogens with zero attached hydrogens (tertiary/aromatic N) is 2. The predicted molar refractivity (Wildman–Crippen MR) is 118 cm³/mol. The summed E-state index contributed by atoms with van der Waals surface area (Å²) < 4.78 is 1.36. The molecule has 0 bridgehead atoms. The average molecular weight is 394 g/mol. The van der Waals surface area contributed by atoms with E-state index in [0.29, 0.717) is 6.54 Å². The number of carbonyl (C=O) groups is 1. The molecule has 3 aromatic rings. The zero-order valence-electron chi connectivity index (χ0n) is 16.6. The van der Waals surface area contributed by atoms with Gasteiger partial charge in [0.05, 0.1) is 6.54 Å². The molecule has 146 valence electrons. The first-order valence-electron chi connectivity index (χ1n) is 9.85. The van der Waals surface area contributed by atoms with Gasteiger partial charge < -0.3 is 5.32 Å². The Morgan fingerprint density at radius 1 is 1.04 bits per heavy atom. The molecule has 0 radical (unpaired) electrons. The minimum atomic E-state index is 0.0750. The molecule has 2 aromatic carbocycles. The molecule has 1 aliphatic rings. The molecule has 28 heavy (non-hydrogen) atoms. The number of fused-ring (bicyclic) bond motifs is 1. The van der Waals surface area contributed by atoms with Gasteiger partial charge in [-0.05, 0) is 53.4 Å². The van der Waals surface area contributed by atoms with E-state index in [1.807, 2.05) is 31.3 Å². The zero-order chi connectivity index (χ0) is 19.5. The summed E-state index contributed by atoms with van der Waals surface area (Å²) in [4.78, 5) is 17.2. The second-order valence-electron chi connectivity index (χ2n) is 7.68. The number of amides is 1. The van der Waals surface area contributed by atoms with Crippen molar-refractivity contribution in [2.24, 2.45) is 0 Å². The van der Waals surface area contributed by atoms with Gasteiger partial charge in [-0.2, -0.15) is 0 Å². The fourth-order valence-electron chi connectivity index (χ4n) is 3.76. The van der Waals surface area contributed by atoms with Gasteiger partial charge in [0.1, 0.15) is 0 Å². The minimum absolute atomic E-state index is 0.0750. The fraction of sp³-hybridized carbons (Fsp3) is 0.348. The van der Waals surface area contributed by atoms with Gasteiger partial charge in [0.25, 0.3) is 0 Å². The maximum Gasteiger partial charge on any atom is 0.238 e. The molecular formula is C23H27N3OS. The quantitative estimate of drug-likeness (QED) is 0.703. The Morgan fingerprint density at radius 2 is 1.79 bits per heavy atom. The number of benzene rings is 2. The van der Waals surface area contributed by atoms with Crippen LogP contribution in [0.25, 0.3) is 10.1 Å². The second kappa shape index (κ2) is 8.43. The summed E-state index contributed by atoms with van der Waals surface area (Å²) in [6.07, 6.45) is 0. The molecule has 1 fully saturated rings. The first-order valence-corrected chi connectivity index (χ1v) is 10.7. The molecule has 1 amide bonds. The smallest absolute Gasteiger partial charge is 0.238 e. The number of hydrogen-bond acceptors (Lipinski definition) is 4. The molecule has 5 heteroatoms. The SMILES string of the molecule is Cc1ccc(C)c(NC(=O)CN2CCN(Cc3csc4ccccc34)CC2)c1. The Hall–Kier alpha value is -2.21. The van der Waals surface area contributed by atoms with Crippen LogP contribution in [-0.2, 0) is 11.3 Å². The normalized spacial score (nSPS) is 15.8. The van der Waals surface area contributed by atoms with E-state index in [4.69, 9.17) is 0 Å². The highest BCUT2D eigenvalue weighted by Gasteiger charge is 2.20. The summed E-state index contributed by atoms with van der Waals surface area (Å²) in [6, 6.07) is 14.8. The van der Waals surface area contributed by atoms with Crippen molar-refractivity contribution in [3.05, 3.63) is 64.5 Å². The highest BCUT2D eigenvalue weighted by Crippen LogP contribution is 2.27. The molecule has 1 aliphatic heterocycles. The van der Waals surface area contributed by atoms with Crippen LogP contribution in [-0.4, -0.2) is 48.4 Å². The van der Waals surface area contributed by atoms with E-state index in [0.717, 1.165) is 49.5 Å². The van der Waals surface area contributed by atoms with E-state index in [9.17, 15) is 4.79 Å². The molecule has 2 heterocycles. The molecule has 0 spiro atoms. The van der Waals surface area contributed by atoms with Crippen molar-refractivity contribution in [3.63, 3.8) is 0 Å². The van der Waals surface area contributed by atoms with Crippen LogP contribution in [0.2, 0.25) is 0 Å². The summed E-state index contributed by atoms with van der Waals surface area (Å²) in [5.74, 6) is 0.0750. The summed E-state index contributed by atoms with van der Waals surface area (Å²) >= 11 is 1.82. The topological polar surface area (TPSA) is 35.6 Å². The number of anilines is 1. The molecule has 0 atom stereocenters. The van der Waals surface area contributed by atoms with Crippen LogP contribution >= 0.6 is 11.3 Å². The second-order valence-corrected chi connectivity index (χ2v) is 8.59. The number of aryl methyl sites for hydroxylation is 2. The van der Waals surface area contributed by atoms with Crippen LogP contribution in [0.3, 0.4) is 0 Å². The van der Waals surface area contributed by atoms with E-state index in [1.54, 1.807) is 0 Å². The number of hydrogen-bond donors (Lipinski definition) is 1. The lowest BCUT2D eigenvalue weighted by Crippen LogP contribution is -2.48. The number of rotatable bonds is 5. The molecule has 0 unspecified atom stereocenters. The summed E-state index contributed by atoms with van der Waals surface area (Å²) in [7, 11) is 0. The Balaban J connectivity index is 1.28. The van der Waals surface area contributed by atoms with Crippen LogP contribution in [0.4, 0.5) is 5.69 Å². The van der Waals surface area contributed by atoms with E-state index >= 15 is 0 Å². The van der Waals surface area contributed by atoms with E-state index < -0.39 is 0 Å². The van der Waals surface area contributed by atoms with Crippen molar-refractivity contribution >= 4 is 33.0 Å². The van der Waals surface area contributed by atoms with Crippen LogP contribution < -0.4 is 5.32 Å². The van der Waals surface area contributed by atoms with Crippen molar-refractivity contribution in [2.75, 3.05) is 38.0 Å². The van der Waals surface area contributed by atoms with Gasteiger partial charge >= 0.3 is 0 Å². The Labute approximate surface area is 170 Å². The monoisotopic (exact) mass is 393 g/mol. The van der Waals surface area contributed by atoms with Crippen molar-refractivity contribution in [1.82, 2.24) is 9.80 Å². The third-order valence-corrected chi connectivity index (χ3v) is 6.47. The van der Waals surface area contributed by atoms with Crippen LogP contribution in [0.1, 0.15) is 16.7 Å². The third kappa shape index (κ3) is 4.43. The highest BCUT2D eigenvalue weighted by molar-refractivity contribution is 7.17. The fourth-order valence-corrected chi connectivity index (χ4v) is 4.72. The number of nitrogens with one attached hydrogen (secondary N) is 1. The van der Waals surface area contributed by atoms with Crippen LogP contribution in [0.5, 0.6) is 0 Å². The molecule has 4 rings (SSSR count). The average Bonchev–Trinajstić information content (AvgIpc) is 3.09. The molecule has 1 saturated heterocycles. The number of carbonyl (C=O) groups excluding carboxylic acids is 1. The maximum absolute atomic E-state index is 12.5. The predicted octanol–water partition coefficient (Wildman–Crippen LogP) is 4.27. The first kappa shape index (κ1) is 19.1. The molecule has 1 aromatic heterocycles. The maximum atomic E-state index is 12.5. The number of thiophene rings is 1. The molecule has 0 aliphatic carbocycles. The van der Waals surface area contributed by atoms with Gasteiger partial charge in [0.15, 0.2) is 0 Å². The van der Waals surface area contributed by atoms with Crippen LogP contribution in [0, 0.1) is 13.8 Å². The molecular weight excluding hydrogens is 366 g/mol. The van der Waals surface area contributed by atoms with E-state index in [-0.39, 0.29) is 5.91 Å². The van der Waals surface area contributed by atoms with E-state index in [1.165, 1.54) is 15.6 Å². The number of piperazine rings is 1. The molecule has 1 N–H and O–H groups in total. The van der Waals surface area contributed by atoms with Gasteiger partial charge in [-0.1, -0.05) is 30.3 Å². The highest BCUT2D eigenvalue weighted by atomic mass is 32.1. The van der Waals surface area contributed by atoms with Gasteiger partial charge in [0.2, 0.25) is 5.91 Å². The summed E-state index contributed by atoms with van der Waals surface area (Å²) in [5, 5.41) is 6.74. The Morgan fingerprint density at radius 3 is 2.61 bits per heavy atom. The third-order valence-electron chi connectivity index (χ3n) is 5.45. The van der Waals surface area contributed by atoms with Gasteiger partial charge in [0, 0.05) is 43.1 Å². The van der Waals surface area contributed by atoms with Crippen molar-refractivity contribution in [3.8, 4) is 0 Å². The van der Waals surface area contributed by atoms with Crippen molar-refractivity contribution < 1.29 is 4.79 Å². The lowest BCUT2D eigenvalue weighted by Gasteiger charge is -2.34. The summed E-state index contributed by atoms with van der Waals surface area (Å²) in [6.45, 7) is 9.40. The van der Waals surface area contributed by atoms with Gasteiger partial charge in [-0.3, -0.25) is 14.6 Å². The van der Waals surface area contributed by atoms with Crippen molar-refractivity contribution in [2.45, 2.75) is 20.4 Å².